The molecule has 0 bridgehead atoms. The summed E-state index contributed by atoms with van der Waals surface area (Å²) < 4.78 is 67.2. The molecule has 0 heterocycles. The third-order valence-electron chi connectivity index (χ3n) is 5.04. The molecule has 3 rings (SSSR count). The van der Waals surface area contributed by atoms with Gasteiger partial charge < -0.3 is 4.90 Å². The first-order chi connectivity index (χ1) is 15.5. The predicted octanol–water partition coefficient (Wildman–Crippen LogP) is 4.87. The van der Waals surface area contributed by atoms with E-state index in [1.165, 1.54) is 42.3 Å². The molecule has 0 aromatic heterocycles. The number of carbonyl (C=O) groups excluding carboxylic acids is 1. The van der Waals surface area contributed by atoms with Crippen molar-refractivity contribution >= 4 is 21.6 Å². The molecule has 174 valence electrons. The summed E-state index contributed by atoms with van der Waals surface area (Å²) in [5.74, 6) is -0.563. The van der Waals surface area contributed by atoms with Gasteiger partial charge in [0, 0.05) is 13.6 Å². The first kappa shape index (κ1) is 24.3. The second-order valence-corrected chi connectivity index (χ2v) is 9.47. The maximum atomic E-state index is 13.3. The number of anilines is 1. The molecule has 0 unspecified atom stereocenters. The van der Waals surface area contributed by atoms with E-state index >= 15 is 0 Å². The van der Waals surface area contributed by atoms with Crippen molar-refractivity contribution in [2.75, 3.05) is 17.9 Å². The van der Waals surface area contributed by atoms with Gasteiger partial charge in [-0.25, -0.2) is 8.42 Å². The van der Waals surface area contributed by atoms with E-state index in [1.54, 1.807) is 6.07 Å². The average molecular weight is 477 g/mol. The number of hydrogen-bond acceptors (Lipinski definition) is 3. The van der Waals surface area contributed by atoms with Crippen molar-refractivity contribution in [3.05, 3.63) is 95.6 Å². The summed E-state index contributed by atoms with van der Waals surface area (Å²) in [6.45, 7) is 1.50. The van der Waals surface area contributed by atoms with Crippen molar-refractivity contribution in [2.24, 2.45) is 0 Å². The zero-order valence-electron chi connectivity index (χ0n) is 18.1. The third-order valence-corrected chi connectivity index (χ3v) is 6.83. The van der Waals surface area contributed by atoms with E-state index in [0.29, 0.717) is 4.31 Å². The maximum absolute atomic E-state index is 13.3. The highest BCUT2D eigenvalue weighted by Crippen LogP contribution is 2.33. The normalized spacial score (nSPS) is 11.8. The average Bonchev–Trinajstić information content (AvgIpc) is 2.78. The van der Waals surface area contributed by atoms with Gasteiger partial charge in [0.15, 0.2) is 0 Å². The monoisotopic (exact) mass is 476 g/mol. The minimum atomic E-state index is -4.66. The lowest BCUT2D eigenvalue weighted by molar-refractivity contribution is -0.137. The van der Waals surface area contributed by atoms with Gasteiger partial charge in [-0.15, -0.1) is 0 Å². The van der Waals surface area contributed by atoms with E-state index in [0.717, 1.165) is 29.3 Å². The first-order valence-electron chi connectivity index (χ1n) is 10.0. The molecular formula is C24H23F3N2O3S. The fourth-order valence-corrected chi connectivity index (χ4v) is 4.60. The van der Waals surface area contributed by atoms with Gasteiger partial charge in [0.25, 0.3) is 10.0 Å². The number of amides is 1. The fourth-order valence-electron chi connectivity index (χ4n) is 3.17. The summed E-state index contributed by atoms with van der Waals surface area (Å²) in [6.07, 6.45) is -4.66. The predicted molar refractivity (Wildman–Crippen MR) is 120 cm³/mol. The Balaban J connectivity index is 1.95. The SMILES string of the molecule is Cc1ccc(CN(C)C(=O)CN(c2cccc(C(F)(F)F)c2)S(=O)(=O)c2ccccc2)cc1. The van der Waals surface area contributed by atoms with Crippen LogP contribution in [0.25, 0.3) is 0 Å². The molecule has 0 N–H and O–H groups in total. The van der Waals surface area contributed by atoms with Gasteiger partial charge >= 0.3 is 6.18 Å². The molecule has 0 saturated carbocycles. The molecule has 1 amide bonds. The highest BCUT2D eigenvalue weighted by molar-refractivity contribution is 7.92. The number of hydrogen-bond donors (Lipinski definition) is 0. The lowest BCUT2D eigenvalue weighted by Gasteiger charge is -2.27. The number of aryl methyl sites for hydroxylation is 1. The highest BCUT2D eigenvalue weighted by atomic mass is 32.2. The number of sulfonamides is 1. The number of likely N-dealkylation sites (N-methyl/N-ethyl adjacent to an activating group) is 1. The molecule has 3 aromatic carbocycles. The summed E-state index contributed by atoms with van der Waals surface area (Å²) in [5.41, 5.74) is 0.643. The van der Waals surface area contributed by atoms with Crippen LogP contribution in [0.4, 0.5) is 18.9 Å². The second kappa shape index (κ2) is 9.66. The number of carbonyl (C=O) groups is 1. The number of halogens is 3. The Hall–Kier alpha value is -3.33. The molecule has 0 spiro atoms. The van der Waals surface area contributed by atoms with Crippen LogP contribution in [0.15, 0.2) is 83.8 Å². The topological polar surface area (TPSA) is 57.7 Å². The van der Waals surface area contributed by atoms with Crippen LogP contribution in [0.2, 0.25) is 0 Å². The molecule has 33 heavy (non-hydrogen) atoms. The maximum Gasteiger partial charge on any atom is 0.416 e. The van der Waals surface area contributed by atoms with Crippen molar-refractivity contribution in [3.8, 4) is 0 Å². The van der Waals surface area contributed by atoms with Crippen molar-refractivity contribution in [1.82, 2.24) is 4.90 Å². The molecule has 0 aliphatic heterocycles. The Labute approximate surface area is 191 Å². The Morgan fingerprint density at radius 1 is 0.909 bits per heavy atom. The van der Waals surface area contributed by atoms with Crippen LogP contribution in [-0.4, -0.2) is 32.8 Å². The zero-order valence-corrected chi connectivity index (χ0v) is 18.9. The highest BCUT2D eigenvalue weighted by Gasteiger charge is 2.33. The fraction of sp³-hybridized carbons (Fsp3) is 0.208. The second-order valence-electron chi connectivity index (χ2n) is 7.61. The Morgan fingerprint density at radius 2 is 1.55 bits per heavy atom. The van der Waals surface area contributed by atoms with Crippen LogP contribution >= 0.6 is 0 Å². The smallest absolute Gasteiger partial charge is 0.340 e. The number of rotatable bonds is 7. The standard InChI is InChI=1S/C24H23F3N2O3S/c1-18-11-13-19(14-12-18)16-28(2)23(30)17-29(33(31,32)22-9-4-3-5-10-22)21-8-6-7-20(15-21)24(25,26)27/h3-15H,16-17H2,1-2H3. The van der Waals surface area contributed by atoms with E-state index in [4.69, 9.17) is 0 Å². The first-order valence-corrected chi connectivity index (χ1v) is 11.5. The van der Waals surface area contributed by atoms with E-state index in [2.05, 4.69) is 0 Å². The van der Waals surface area contributed by atoms with Gasteiger partial charge in [0.2, 0.25) is 5.91 Å². The molecular weight excluding hydrogens is 453 g/mol. The molecule has 0 aliphatic rings. The molecule has 0 aliphatic carbocycles. The molecule has 9 heteroatoms. The van der Waals surface area contributed by atoms with Crippen molar-refractivity contribution in [3.63, 3.8) is 0 Å². The summed E-state index contributed by atoms with van der Waals surface area (Å²) in [5, 5.41) is 0. The van der Waals surface area contributed by atoms with Crippen LogP contribution in [0.1, 0.15) is 16.7 Å². The Kier molecular flexibility index (Phi) is 7.12. The molecule has 3 aromatic rings. The molecule has 5 nitrogen and oxygen atoms in total. The molecule has 0 radical (unpaired) electrons. The quantitative estimate of drug-likeness (QED) is 0.489. The molecule has 0 fully saturated rings. The number of nitrogens with zero attached hydrogens (tertiary/aromatic N) is 2. The van der Waals surface area contributed by atoms with Crippen LogP contribution in [0, 0.1) is 6.92 Å². The lowest BCUT2D eigenvalue weighted by atomic mass is 10.1. The van der Waals surface area contributed by atoms with Gasteiger partial charge in [0.1, 0.15) is 6.54 Å². The van der Waals surface area contributed by atoms with Gasteiger partial charge in [-0.3, -0.25) is 9.10 Å². The van der Waals surface area contributed by atoms with Crippen molar-refractivity contribution in [2.45, 2.75) is 24.5 Å². The van der Waals surface area contributed by atoms with Crippen LogP contribution in [0.3, 0.4) is 0 Å². The summed E-state index contributed by atoms with van der Waals surface area (Å²) >= 11 is 0. The minimum absolute atomic E-state index is 0.128. The van der Waals surface area contributed by atoms with Crippen LogP contribution in [0.5, 0.6) is 0 Å². The van der Waals surface area contributed by atoms with E-state index in [9.17, 15) is 26.4 Å². The number of benzene rings is 3. The summed E-state index contributed by atoms with van der Waals surface area (Å²) in [6, 6.07) is 18.7. The summed E-state index contributed by atoms with van der Waals surface area (Å²) in [4.78, 5) is 14.2. The van der Waals surface area contributed by atoms with Gasteiger partial charge in [0.05, 0.1) is 16.1 Å². The molecule has 0 atom stereocenters. The Bertz CT molecular complexity index is 1210. The van der Waals surface area contributed by atoms with Gasteiger partial charge in [-0.2, -0.15) is 13.2 Å². The largest absolute Gasteiger partial charge is 0.416 e. The van der Waals surface area contributed by atoms with E-state index in [-0.39, 0.29) is 17.1 Å². The van der Waals surface area contributed by atoms with Crippen molar-refractivity contribution < 1.29 is 26.4 Å². The van der Waals surface area contributed by atoms with Crippen LogP contribution < -0.4 is 4.31 Å². The summed E-state index contributed by atoms with van der Waals surface area (Å²) in [7, 11) is -2.79. The lowest BCUT2D eigenvalue weighted by Crippen LogP contribution is -2.41. The minimum Gasteiger partial charge on any atom is -0.340 e. The van der Waals surface area contributed by atoms with E-state index < -0.39 is 34.2 Å². The third kappa shape index (κ3) is 5.92. The molecule has 0 saturated heterocycles. The van der Waals surface area contributed by atoms with Gasteiger partial charge in [-0.1, -0.05) is 54.1 Å². The van der Waals surface area contributed by atoms with Crippen molar-refractivity contribution in [1.29, 1.82) is 0 Å². The van der Waals surface area contributed by atoms with E-state index in [1.807, 2.05) is 31.2 Å². The van der Waals surface area contributed by atoms with Crippen LogP contribution in [-0.2, 0) is 27.5 Å². The zero-order chi connectivity index (χ0) is 24.2. The Morgan fingerprint density at radius 3 is 2.15 bits per heavy atom. The van der Waals surface area contributed by atoms with Gasteiger partial charge in [-0.05, 0) is 42.8 Å². The number of alkyl halides is 3.